The summed E-state index contributed by atoms with van der Waals surface area (Å²) in [6, 6.07) is 8.32. The van der Waals surface area contributed by atoms with E-state index in [1.54, 1.807) is 7.11 Å². The molecule has 7 nitrogen and oxygen atoms in total. The maximum absolute atomic E-state index is 5.38. The average molecular weight is 334 g/mol. The third kappa shape index (κ3) is 1.96. The minimum absolute atomic E-state index is 0.169. The molecular weight excluding hydrogens is 316 g/mol. The number of likely N-dealkylation sites (N-methyl/N-ethyl adjacent to an activating group) is 1. The molecule has 1 atom stereocenters. The van der Waals surface area contributed by atoms with Crippen molar-refractivity contribution in [3.63, 3.8) is 0 Å². The number of hydrogen-bond donors (Lipinski definition) is 2. The number of aromatic nitrogens is 3. The zero-order valence-corrected chi connectivity index (χ0v) is 14.2. The van der Waals surface area contributed by atoms with Crippen LogP contribution in [-0.4, -0.2) is 40.1 Å². The van der Waals surface area contributed by atoms with Gasteiger partial charge in [-0.2, -0.15) is 5.10 Å². The lowest BCUT2D eigenvalue weighted by Gasteiger charge is -2.22. The Kier molecular flexibility index (Phi) is 2.84. The van der Waals surface area contributed by atoms with E-state index >= 15 is 0 Å². The highest BCUT2D eigenvalue weighted by atomic mass is 16.5. The van der Waals surface area contributed by atoms with Crippen LogP contribution in [0.2, 0.25) is 0 Å². The molecule has 2 aliphatic rings. The van der Waals surface area contributed by atoms with Gasteiger partial charge in [-0.15, -0.1) is 0 Å². The maximum atomic E-state index is 5.38. The standard InChI is InChI=1S/C18H18N6O/c1-23-15-5-4-11(25-3)6-12(15)16(22-23)14-7-13-17-10(9-20-24(17)2)8-19-18(13)21-14/h4-9,17,20-21H,1-3H3. The number of fused-ring (bicyclic) bond motifs is 4. The molecule has 0 spiro atoms. The molecule has 0 saturated carbocycles. The molecule has 0 aliphatic carbocycles. The average Bonchev–Trinajstić information content (AvgIpc) is 3.30. The minimum Gasteiger partial charge on any atom is -0.497 e. The predicted molar refractivity (Wildman–Crippen MR) is 96.9 cm³/mol. The summed E-state index contributed by atoms with van der Waals surface area (Å²) >= 11 is 0. The predicted octanol–water partition coefficient (Wildman–Crippen LogP) is 2.67. The Bertz CT molecular complexity index is 1060. The molecule has 2 aromatic heterocycles. The number of rotatable bonds is 2. The summed E-state index contributed by atoms with van der Waals surface area (Å²) in [6.45, 7) is 0. The second-order valence-corrected chi connectivity index (χ2v) is 6.39. The Morgan fingerprint density at radius 2 is 2.08 bits per heavy atom. The Morgan fingerprint density at radius 3 is 2.92 bits per heavy atom. The van der Waals surface area contributed by atoms with Crippen molar-refractivity contribution in [1.82, 2.24) is 25.2 Å². The fraction of sp³-hybridized carbons (Fsp3) is 0.222. The van der Waals surface area contributed by atoms with Gasteiger partial charge in [0.25, 0.3) is 0 Å². The number of methoxy groups -OCH3 is 1. The van der Waals surface area contributed by atoms with Gasteiger partial charge in [0.1, 0.15) is 17.3 Å². The summed E-state index contributed by atoms with van der Waals surface area (Å²) in [5, 5.41) is 7.85. The Labute approximate surface area is 144 Å². The monoisotopic (exact) mass is 334 g/mol. The third-order valence-corrected chi connectivity index (χ3v) is 4.91. The van der Waals surface area contributed by atoms with Crippen LogP contribution in [0.1, 0.15) is 11.6 Å². The van der Waals surface area contributed by atoms with Crippen LogP contribution in [0.15, 0.2) is 41.0 Å². The first-order valence-electron chi connectivity index (χ1n) is 8.13. The molecule has 7 heteroatoms. The molecule has 2 N–H and O–H groups in total. The maximum Gasteiger partial charge on any atom is 0.135 e. The molecule has 0 radical (unpaired) electrons. The normalized spacial score (nSPS) is 18.8. The Balaban J connectivity index is 1.69. The molecule has 3 aromatic rings. The van der Waals surface area contributed by atoms with E-state index < -0.39 is 0 Å². The van der Waals surface area contributed by atoms with Crippen LogP contribution in [0.4, 0.5) is 5.82 Å². The van der Waals surface area contributed by atoms with Gasteiger partial charge >= 0.3 is 0 Å². The molecule has 25 heavy (non-hydrogen) atoms. The largest absolute Gasteiger partial charge is 0.497 e. The van der Waals surface area contributed by atoms with E-state index in [0.29, 0.717) is 0 Å². The van der Waals surface area contributed by atoms with Crippen LogP contribution in [-0.2, 0) is 7.05 Å². The van der Waals surface area contributed by atoms with E-state index in [1.165, 1.54) is 0 Å². The fourth-order valence-corrected chi connectivity index (χ4v) is 3.66. The quantitative estimate of drug-likeness (QED) is 0.756. The van der Waals surface area contributed by atoms with E-state index in [9.17, 15) is 0 Å². The summed E-state index contributed by atoms with van der Waals surface area (Å²) in [5.74, 6) is 1.70. The van der Waals surface area contributed by atoms with Gasteiger partial charge in [-0.1, -0.05) is 0 Å². The van der Waals surface area contributed by atoms with E-state index in [1.807, 2.05) is 49.4 Å². The molecule has 0 amide bonds. The van der Waals surface area contributed by atoms with Crippen LogP contribution in [0.25, 0.3) is 22.3 Å². The number of hydrazine groups is 1. The fourth-order valence-electron chi connectivity index (χ4n) is 3.66. The lowest BCUT2D eigenvalue weighted by molar-refractivity contribution is 0.253. The number of nitrogens with one attached hydrogen (secondary N) is 2. The van der Waals surface area contributed by atoms with E-state index in [-0.39, 0.29) is 6.04 Å². The van der Waals surface area contributed by atoms with Crippen molar-refractivity contribution < 1.29 is 4.74 Å². The number of aliphatic imine (C=N–C) groups is 1. The zero-order chi connectivity index (χ0) is 17.1. The minimum atomic E-state index is 0.169. The number of aromatic amines is 1. The van der Waals surface area contributed by atoms with Crippen LogP contribution in [0.3, 0.4) is 0 Å². The molecule has 1 aromatic carbocycles. The smallest absolute Gasteiger partial charge is 0.135 e. The zero-order valence-electron chi connectivity index (χ0n) is 14.2. The van der Waals surface area contributed by atoms with Gasteiger partial charge in [0.05, 0.1) is 24.4 Å². The number of nitrogens with zero attached hydrogens (tertiary/aromatic N) is 4. The number of H-pyrrole nitrogens is 1. The van der Waals surface area contributed by atoms with Gasteiger partial charge in [-0.25, -0.2) is 10.0 Å². The van der Waals surface area contributed by atoms with Crippen LogP contribution >= 0.6 is 0 Å². The van der Waals surface area contributed by atoms with Crippen LogP contribution < -0.4 is 10.2 Å². The second kappa shape index (κ2) is 4.97. The highest BCUT2D eigenvalue weighted by Crippen LogP contribution is 2.41. The molecule has 0 fully saturated rings. The molecule has 0 saturated heterocycles. The first kappa shape index (κ1) is 14.3. The van der Waals surface area contributed by atoms with Crippen molar-refractivity contribution in [3.8, 4) is 17.1 Å². The third-order valence-electron chi connectivity index (χ3n) is 4.91. The Hall–Kier alpha value is -3.06. The molecule has 5 rings (SSSR count). The topological polar surface area (TPSA) is 70.5 Å². The van der Waals surface area contributed by atoms with E-state index in [0.717, 1.165) is 45.0 Å². The van der Waals surface area contributed by atoms with Crippen molar-refractivity contribution in [2.45, 2.75) is 6.04 Å². The van der Waals surface area contributed by atoms with Crippen LogP contribution in [0.5, 0.6) is 5.75 Å². The lowest BCUT2D eigenvalue weighted by atomic mass is 10.00. The molecule has 2 aliphatic heterocycles. The van der Waals surface area contributed by atoms with Crippen LogP contribution in [0, 0.1) is 0 Å². The number of aryl methyl sites for hydroxylation is 1. The second-order valence-electron chi connectivity index (χ2n) is 6.39. The molecule has 4 heterocycles. The van der Waals surface area contributed by atoms with Gasteiger partial charge < -0.3 is 15.1 Å². The molecular formula is C18H18N6O. The molecule has 1 unspecified atom stereocenters. The van der Waals surface area contributed by atoms with Gasteiger partial charge in [-0.05, 0) is 24.3 Å². The summed E-state index contributed by atoms with van der Waals surface area (Å²) in [7, 11) is 5.66. The first-order valence-corrected chi connectivity index (χ1v) is 8.13. The highest BCUT2D eigenvalue weighted by molar-refractivity contribution is 5.95. The Morgan fingerprint density at radius 1 is 1.20 bits per heavy atom. The van der Waals surface area contributed by atoms with Gasteiger partial charge in [0, 0.05) is 43.0 Å². The number of ether oxygens (including phenoxy) is 1. The number of benzene rings is 1. The van der Waals surface area contributed by atoms with Crippen molar-refractivity contribution in [2.24, 2.45) is 12.0 Å². The highest BCUT2D eigenvalue weighted by Gasteiger charge is 2.32. The first-order chi connectivity index (χ1) is 12.2. The van der Waals surface area contributed by atoms with Crippen molar-refractivity contribution in [2.75, 3.05) is 14.2 Å². The van der Waals surface area contributed by atoms with Gasteiger partial charge in [0.2, 0.25) is 0 Å². The summed E-state index contributed by atoms with van der Waals surface area (Å²) < 4.78 is 7.27. The SMILES string of the molecule is COc1ccc2c(c1)c(-c1cc3c([nH]1)N=CC1=CNN(C)C13)nn2C. The van der Waals surface area contributed by atoms with Crippen molar-refractivity contribution in [1.29, 1.82) is 0 Å². The molecule has 126 valence electrons. The van der Waals surface area contributed by atoms with Gasteiger partial charge in [0.15, 0.2) is 0 Å². The van der Waals surface area contributed by atoms with Crippen molar-refractivity contribution in [3.05, 3.63) is 41.6 Å². The van der Waals surface area contributed by atoms with Gasteiger partial charge in [-0.3, -0.25) is 4.68 Å². The lowest BCUT2D eigenvalue weighted by Crippen LogP contribution is -2.29. The van der Waals surface area contributed by atoms with Crippen molar-refractivity contribution >= 4 is 22.9 Å². The van der Waals surface area contributed by atoms with E-state index in [4.69, 9.17) is 9.84 Å². The summed E-state index contributed by atoms with van der Waals surface area (Å²) in [5.41, 5.74) is 8.47. The number of hydrogen-bond acceptors (Lipinski definition) is 5. The van der Waals surface area contributed by atoms with E-state index in [2.05, 4.69) is 26.5 Å². The summed E-state index contributed by atoms with van der Waals surface area (Å²) in [4.78, 5) is 7.99. The summed E-state index contributed by atoms with van der Waals surface area (Å²) in [6.07, 6.45) is 3.90. The molecule has 0 bridgehead atoms.